The molecule has 3 unspecified atom stereocenters. The second-order valence-electron chi connectivity index (χ2n) is 18.6. The molecule has 0 aliphatic heterocycles. The summed E-state index contributed by atoms with van der Waals surface area (Å²) < 4.78 is 32.9. The van der Waals surface area contributed by atoms with Gasteiger partial charge in [-0.05, 0) is 51.4 Å². The van der Waals surface area contributed by atoms with Crippen molar-refractivity contribution in [3.05, 3.63) is 36.5 Å². The van der Waals surface area contributed by atoms with Crippen molar-refractivity contribution in [2.24, 2.45) is 0 Å². The topological polar surface area (TPSA) is 149 Å². The lowest BCUT2D eigenvalue weighted by atomic mass is 10.0. The normalized spacial score (nSPS) is 13.8. The summed E-state index contributed by atoms with van der Waals surface area (Å²) in [5, 5.41) is 18.4. The zero-order chi connectivity index (χ0) is 48.3. The number of hydrogen-bond acceptors (Lipinski definition) is 9. The fraction of sp³-hybridized carbons (Fsp3) is 0.855. The first-order chi connectivity index (χ1) is 32.2. The Balaban J connectivity index is 4.11. The number of carbonyl (C=O) groups is 2. The zero-order valence-corrected chi connectivity index (χ0v) is 43.6. The summed E-state index contributed by atoms with van der Waals surface area (Å²) >= 11 is 0. The lowest BCUT2D eigenvalue weighted by Crippen LogP contribution is -2.29. The van der Waals surface area contributed by atoms with Crippen molar-refractivity contribution in [3.63, 3.8) is 0 Å². The van der Waals surface area contributed by atoms with Crippen molar-refractivity contribution in [2.75, 3.05) is 26.4 Å². The van der Waals surface area contributed by atoms with Gasteiger partial charge in [0.1, 0.15) is 12.7 Å². The Kier molecular flexibility index (Phi) is 49.7. The van der Waals surface area contributed by atoms with Gasteiger partial charge in [0.15, 0.2) is 6.10 Å². The molecule has 0 radical (unpaired) electrons. The Morgan fingerprint density at radius 1 is 0.455 bits per heavy atom. The fourth-order valence-corrected chi connectivity index (χ4v) is 8.62. The van der Waals surface area contributed by atoms with E-state index in [2.05, 4.69) is 50.3 Å². The van der Waals surface area contributed by atoms with E-state index in [1.54, 1.807) is 0 Å². The van der Waals surface area contributed by atoms with E-state index >= 15 is 0 Å². The molecule has 3 atom stereocenters. The monoisotopic (exact) mass is 955 g/mol. The first-order valence-electron chi connectivity index (χ1n) is 27.4. The van der Waals surface area contributed by atoms with Gasteiger partial charge >= 0.3 is 19.8 Å². The first kappa shape index (κ1) is 64.2. The van der Waals surface area contributed by atoms with Gasteiger partial charge in [0.2, 0.25) is 0 Å². The molecular formula is C55H103O10P. The Bertz CT molecular complexity index is 1190. The van der Waals surface area contributed by atoms with E-state index in [0.29, 0.717) is 12.8 Å². The van der Waals surface area contributed by atoms with E-state index in [4.69, 9.17) is 23.6 Å². The molecule has 388 valence electrons. The molecule has 0 aliphatic rings. The number of aliphatic hydroxyl groups is 2. The molecule has 0 saturated carbocycles. The third-order valence-corrected chi connectivity index (χ3v) is 13.0. The van der Waals surface area contributed by atoms with Crippen LogP contribution in [-0.2, 0) is 32.7 Å². The lowest BCUT2D eigenvalue weighted by molar-refractivity contribution is -0.161. The number of phosphoric acid groups is 1. The summed E-state index contributed by atoms with van der Waals surface area (Å²) in [6.07, 6.45) is 56.9. The van der Waals surface area contributed by atoms with Crippen LogP contribution in [0, 0.1) is 0 Å². The third-order valence-electron chi connectivity index (χ3n) is 12.0. The molecule has 0 rings (SSSR count). The van der Waals surface area contributed by atoms with Gasteiger partial charge in [-0.15, -0.1) is 0 Å². The van der Waals surface area contributed by atoms with Gasteiger partial charge < -0.3 is 24.6 Å². The summed E-state index contributed by atoms with van der Waals surface area (Å²) in [6, 6.07) is 0. The predicted molar refractivity (Wildman–Crippen MR) is 274 cm³/mol. The van der Waals surface area contributed by atoms with Crippen molar-refractivity contribution in [1.82, 2.24) is 0 Å². The average molecular weight is 955 g/mol. The van der Waals surface area contributed by atoms with E-state index in [1.807, 2.05) is 0 Å². The maximum Gasteiger partial charge on any atom is 0.472 e. The van der Waals surface area contributed by atoms with Crippen LogP contribution >= 0.6 is 7.82 Å². The largest absolute Gasteiger partial charge is 0.472 e. The number of phosphoric ester groups is 1. The Hall–Kier alpha value is -1.81. The van der Waals surface area contributed by atoms with Crippen LogP contribution in [0.2, 0.25) is 0 Å². The van der Waals surface area contributed by atoms with Gasteiger partial charge in [0.05, 0.1) is 19.8 Å². The fourth-order valence-electron chi connectivity index (χ4n) is 7.83. The van der Waals surface area contributed by atoms with Gasteiger partial charge in [-0.3, -0.25) is 18.6 Å². The van der Waals surface area contributed by atoms with Crippen LogP contribution in [0.3, 0.4) is 0 Å². The number of allylic oxidation sites excluding steroid dienone is 6. The molecule has 0 aliphatic carbocycles. The first-order valence-corrected chi connectivity index (χ1v) is 28.9. The Morgan fingerprint density at radius 3 is 1.21 bits per heavy atom. The SMILES string of the molecule is CCCCC/C=C\C/C=C\C/C=C\CCCCCCCCC(=O)OC(COC(=O)CCCCCCCCCCCCCCCCCCCCCCCCCC)COP(=O)(O)OCC(O)CO. The Morgan fingerprint density at radius 2 is 0.788 bits per heavy atom. The highest BCUT2D eigenvalue weighted by molar-refractivity contribution is 7.47. The number of ether oxygens (including phenoxy) is 2. The minimum absolute atomic E-state index is 0.171. The summed E-state index contributed by atoms with van der Waals surface area (Å²) in [6.45, 7) is 2.39. The van der Waals surface area contributed by atoms with Crippen molar-refractivity contribution in [3.8, 4) is 0 Å². The number of esters is 2. The summed E-state index contributed by atoms with van der Waals surface area (Å²) in [7, 11) is -4.63. The molecule has 0 bridgehead atoms. The molecule has 0 amide bonds. The smallest absolute Gasteiger partial charge is 0.462 e. The summed E-state index contributed by atoms with van der Waals surface area (Å²) in [5.41, 5.74) is 0. The standard InChI is InChI=1S/C55H103O10P/c1-3-5-7-9-11-13-15-17-19-21-23-24-25-26-27-29-30-32-34-36-38-40-42-44-46-54(58)62-50-53(51-64-66(60,61)63-49-52(57)48-56)65-55(59)47-45-43-41-39-37-35-33-31-28-22-20-18-16-14-12-10-8-6-4-2/h12,14,18,20,28,31,52-53,56-57H,3-11,13,15-17,19,21-27,29-30,32-51H2,1-2H3,(H,60,61)/b14-12-,20-18-,31-28-. The summed E-state index contributed by atoms with van der Waals surface area (Å²) in [4.78, 5) is 35.2. The van der Waals surface area contributed by atoms with Crippen molar-refractivity contribution < 1.29 is 47.8 Å². The number of hydrogen-bond donors (Lipinski definition) is 3. The van der Waals surface area contributed by atoms with Crippen LogP contribution in [0.1, 0.15) is 264 Å². The van der Waals surface area contributed by atoms with Gasteiger partial charge in [0.25, 0.3) is 0 Å². The van der Waals surface area contributed by atoms with Crippen LogP contribution < -0.4 is 0 Å². The molecule has 0 aromatic carbocycles. The maximum atomic E-state index is 12.7. The second-order valence-corrected chi connectivity index (χ2v) is 20.1. The maximum absolute atomic E-state index is 12.7. The highest BCUT2D eigenvalue weighted by Crippen LogP contribution is 2.43. The number of rotatable bonds is 52. The molecule has 10 nitrogen and oxygen atoms in total. The van der Waals surface area contributed by atoms with E-state index in [1.165, 1.54) is 154 Å². The highest BCUT2D eigenvalue weighted by atomic mass is 31.2. The number of unbranched alkanes of at least 4 members (excludes halogenated alkanes) is 32. The van der Waals surface area contributed by atoms with Crippen molar-refractivity contribution in [2.45, 2.75) is 276 Å². The van der Waals surface area contributed by atoms with Crippen molar-refractivity contribution in [1.29, 1.82) is 0 Å². The van der Waals surface area contributed by atoms with Crippen LogP contribution in [0.25, 0.3) is 0 Å². The van der Waals surface area contributed by atoms with E-state index in [-0.39, 0.29) is 19.4 Å². The zero-order valence-electron chi connectivity index (χ0n) is 42.7. The van der Waals surface area contributed by atoms with Gasteiger partial charge in [0, 0.05) is 12.8 Å². The molecule has 0 spiro atoms. The molecule has 11 heteroatoms. The van der Waals surface area contributed by atoms with Gasteiger partial charge in [-0.1, -0.05) is 237 Å². The van der Waals surface area contributed by atoms with Crippen LogP contribution in [0.15, 0.2) is 36.5 Å². The second kappa shape index (κ2) is 51.1. The predicted octanol–water partition coefficient (Wildman–Crippen LogP) is 15.9. The molecular weight excluding hydrogens is 852 g/mol. The quantitative estimate of drug-likeness (QED) is 0.0233. The van der Waals surface area contributed by atoms with Crippen LogP contribution in [-0.4, -0.2) is 65.7 Å². The number of aliphatic hydroxyl groups excluding tert-OH is 2. The highest BCUT2D eigenvalue weighted by Gasteiger charge is 2.27. The van der Waals surface area contributed by atoms with Crippen molar-refractivity contribution >= 4 is 19.8 Å². The molecule has 0 heterocycles. The molecule has 0 aromatic heterocycles. The van der Waals surface area contributed by atoms with Gasteiger partial charge in [-0.25, -0.2) is 4.57 Å². The third kappa shape index (κ3) is 50.1. The van der Waals surface area contributed by atoms with E-state index < -0.39 is 51.8 Å². The lowest BCUT2D eigenvalue weighted by Gasteiger charge is -2.20. The molecule has 0 aromatic rings. The molecule has 66 heavy (non-hydrogen) atoms. The summed E-state index contributed by atoms with van der Waals surface area (Å²) in [5.74, 6) is -0.926. The van der Waals surface area contributed by atoms with E-state index in [0.717, 1.165) is 70.6 Å². The molecule has 0 fully saturated rings. The average Bonchev–Trinajstić information content (AvgIpc) is 3.31. The Labute approximate surface area is 405 Å². The molecule has 0 saturated heterocycles. The number of carbonyl (C=O) groups excluding carboxylic acids is 2. The molecule has 3 N–H and O–H groups in total. The van der Waals surface area contributed by atoms with Gasteiger partial charge in [-0.2, -0.15) is 0 Å². The minimum atomic E-state index is -4.63. The van der Waals surface area contributed by atoms with Crippen LogP contribution in [0.4, 0.5) is 0 Å². The minimum Gasteiger partial charge on any atom is -0.462 e. The van der Waals surface area contributed by atoms with Crippen LogP contribution in [0.5, 0.6) is 0 Å². The van der Waals surface area contributed by atoms with E-state index in [9.17, 15) is 24.2 Å².